The van der Waals surface area contributed by atoms with Crippen LogP contribution in [-0.4, -0.2) is 38.8 Å². The van der Waals surface area contributed by atoms with Crippen LogP contribution in [0.1, 0.15) is 21.6 Å². The molecule has 11 heteroatoms. The van der Waals surface area contributed by atoms with E-state index in [1.165, 1.54) is 24.3 Å². The van der Waals surface area contributed by atoms with Crippen molar-refractivity contribution in [2.75, 3.05) is 11.9 Å². The Morgan fingerprint density at radius 2 is 1.80 bits per heavy atom. The quantitative estimate of drug-likeness (QED) is 0.139. The van der Waals surface area contributed by atoms with Crippen LogP contribution in [0, 0.1) is 6.92 Å². The van der Waals surface area contributed by atoms with Gasteiger partial charge in [0.2, 0.25) is 5.43 Å². The summed E-state index contributed by atoms with van der Waals surface area (Å²) >= 11 is 6.22. The van der Waals surface area contributed by atoms with E-state index < -0.39 is 24.0 Å². The number of nitrogens with zero attached hydrogens (tertiary/aromatic N) is 1. The van der Waals surface area contributed by atoms with Gasteiger partial charge < -0.3 is 29.8 Å². The number of hydrogen-bond donors (Lipinski definition) is 4. The zero-order valence-electron chi connectivity index (χ0n) is 23.1. The summed E-state index contributed by atoms with van der Waals surface area (Å²) in [5.41, 5.74) is 3.20. The summed E-state index contributed by atoms with van der Waals surface area (Å²) in [6.45, 7) is 1.31. The van der Waals surface area contributed by atoms with Crippen LogP contribution >= 0.6 is 11.6 Å². The molecule has 2 heterocycles. The molecule has 10 nitrogen and oxygen atoms in total. The Labute approximate surface area is 254 Å². The summed E-state index contributed by atoms with van der Waals surface area (Å²) in [5.74, 6) is -1.93. The number of carboxylic acid groups (broad SMARTS) is 2. The monoisotopic (exact) mass is 610 g/mol. The molecule has 0 fully saturated rings. The van der Waals surface area contributed by atoms with Gasteiger partial charge in [-0.2, -0.15) is 0 Å². The number of anilines is 1. The minimum absolute atomic E-state index is 0.00310. The lowest BCUT2D eigenvalue weighted by atomic mass is 9.90. The number of carbonyl (C=O) groups is 2. The average molecular weight is 611 g/mol. The van der Waals surface area contributed by atoms with E-state index >= 15 is 0 Å². The van der Waals surface area contributed by atoms with Crippen molar-refractivity contribution < 1.29 is 34.1 Å². The standard InChI is InChI=1S/C33H23ClN2O8/c1-16-6-7-17-10-18(43-15-29(39)40)11-25(31(17)36-16)35-14-23-26(37)9-8-21-30(19-4-2-3-5-20(19)33(41)42)22-12-24(34)27(38)13-28(22)44-32(21)23/h2-13,35,37H,14-15H2,1H3,(H,39,40)(H,41,42). The minimum atomic E-state index is -1.14. The number of aliphatic carboxylic acids is 1. The maximum atomic E-state index is 12.5. The fourth-order valence-electron chi connectivity index (χ4n) is 5.20. The average Bonchev–Trinajstić information content (AvgIpc) is 2.99. The molecular formula is C33H23ClN2O8. The molecule has 0 atom stereocenters. The lowest BCUT2D eigenvalue weighted by Gasteiger charge is -2.19. The molecule has 0 amide bonds. The molecule has 220 valence electrons. The van der Waals surface area contributed by atoms with Gasteiger partial charge in [0.05, 0.1) is 27.4 Å². The second kappa shape index (κ2) is 11.2. The second-order valence-corrected chi connectivity index (χ2v) is 10.5. The zero-order chi connectivity index (χ0) is 31.1. The number of halogens is 1. The number of aromatic hydroxyl groups is 1. The highest BCUT2D eigenvalue weighted by Gasteiger charge is 2.24. The van der Waals surface area contributed by atoms with Gasteiger partial charge in [0.1, 0.15) is 22.8 Å². The maximum absolute atomic E-state index is 12.5. The van der Waals surface area contributed by atoms with Crippen molar-refractivity contribution in [3.63, 3.8) is 0 Å². The van der Waals surface area contributed by atoms with E-state index in [2.05, 4.69) is 10.3 Å². The van der Waals surface area contributed by atoms with Gasteiger partial charge in [-0.3, -0.25) is 9.78 Å². The molecule has 0 saturated carbocycles. The Morgan fingerprint density at radius 3 is 2.57 bits per heavy atom. The van der Waals surface area contributed by atoms with E-state index in [9.17, 15) is 24.6 Å². The predicted octanol–water partition coefficient (Wildman–Crippen LogP) is 6.55. The highest BCUT2D eigenvalue weighted by Crippen LogP contribution is 2.44. The van der Waals surface area contributed by atoms with E-state index in [1.54, 1.807) is 36.4 Å². The van der Waals surface area contributed by atoms with E-state index in [0.29, 0.717) is 50.0 Å². The first-order valence-electron chi connectivity index (χ1n) is 13.3. The Hall–Kier alpha value is -5.61. The van der Waals surface area contributed by atoms with Gasteiger partial charge in [-0.1, -0.05) is 35.9 Å². The number of carboxylic acids is 2. The molecule has 44 heavy (non-hydrogen) atoms. The summed E-state index contributed by atoms with van der Waals surface area (Å²) in [6, 6.07) is 19.2. The lowest BCUT2D eigenvalue weighted by molar-refractivity contribution is -0.139. The highest BCUT2D eigenvalue weighted by atomic mass is 35.5. The van der Waals surface area contributed by atoms with Crippen LogP contribution in [-0.2, 0) is 11.3 Å². The molecular weight excluding hydrogens is 588 g/mol. The van der Waals surface area contributed by atoms with Crippen LogP contribution < -0.4 is 15.5 Å². The number of nitrogens with one attached hydrogen (secondary N) is 1. The molecule has 3 aromatic carbocycles. The zero-order valence-corrected chi connectivity index (χ0v) is 23.8. The Morgan fingerprint density at radius 1 is 1.00 bits per heavy atom. The minimum Gasteiger partial charge on any atom is -0.507 e. The van der Waals surface area contributed by atoms with Gasteiger partial charge in [-0.25, -0.2) is 9.59 Å². The number of aryl methyl sites for hydroxylation is 1. The van der Waals surface area contributed by atoms with Gasteiger partial charge >= 0.3 is 11.9 Å². The number of aromatic carboxylic acids is 1. The van der Waals surface area contributed by atoms with Crippen molar-refractivity contribution in [3.8, 4) is 33.9 Å². The van der Waals surface area contributed by atoms with Gasteiger partial charge in [0, 0.05) is 46.3 Å². The summed E-state index contributed by atoms with van der Waals surface area (Å²) in [5, 5.41) is 34.5. The van der Waals surface area contributed by atoms with Crippen LogP contribution in [0.5, 0.6) is 11.5 Å². The highest BCUT2D eigenvalue weighted by molar-refractivity contribution is 6.31. The van der Waals surface area contributed by atoms with E-state index in [-0.39, 0.29) is 34.2 Å². The number of benzene rings is 4. The fraction of sp³-hybridized carbons (Fsp3) is 0.0909. The molecule has 0 saturated heterocycles. The summed E-state index contributed by atoms with van der Waals surface area (Å²) in [7, 11) is 0. The largest absolute Gasteiger partial charge is 0.507 e. The van der Waals surface area contributed by atoms with Crippen LogP contribution in [0.2, 0.25) is 5.02 Å². The first-order valence-corrected chi connectivity index (χ1v) is 13.7. The Kier molecular flexibility index (Phi) is 7.28. The number of phenols is 1. The third kappa shape index (κ3) is 5.23. The SMILES string of the molecule is Cc1ccc2cc(OCC(=O)O)cc(NCc3c(O)ccc4c(-c5ccccc5C(=O)O)c5cc(Cl)c(=O)cc-5oc34)c2n1. The maximum Gasteiger partial charge on any atom is 0.341 e. The molecule has 4 N–H and O–H groups in total. The molecule has 6 rings (SSSR count). The number of hydrogen-bond acceptors (Lipinski definition) is 8. The van der Waals surface area contributed by atoms with Crippen molar-refractivity contribution in [1.29, 1.82) is 0 Å². The molecule has 0 bridgehead atoms. The van der Waals surface area contributed by atoms with Crippen LogP contribution in [0.4, 0.5) is 5.69 Å². The van der Waals surface area contributed by atoms with Crippen LogP contribution in [0.15, 0.2) is 82.0 Å². The second-order valence-electron chi connectivity index (χ2n) is 10.1. The number of rotatable bonds is 8. The molecule has 1 aliphatic heterocycles. The van der Waals surface area contributed by atoms with Gasteiger partial charge in [0.15, 0.2) is 6.61 Å². The van der Waals surface area contributed by atoms with E-state index in [4.69, 9.17) is 25.9 Å². The summed E-state index contributed by atoms with van der Waals surface area (Å²) < 4.78 is 11.7. The molecule has 2 aliphatic rings. The van der Waals surface area contributed by atoms with Crippen LogP contribution in [0.25, 0.3) is 44.3 Å². The number of pyridine rings is 1. The molecule has 0 spiro atoms. The molecule has 0 unspecified atom stereocenters. The third-order valence-electron chi connectivity index (χ3n) is 7.17. The molecule has 4 aromatic rings. The molecule has 1 aromatic heterocycles. The first kappa shape index (κ1) is 28.5. The topological polar surface area (TPSA) is 159 Å². The molecule has 0 radical (unpaired) electrons. The fourth-order valence-corrected chi connectivity index (χ4v) is 5.36. The van der Waals surface area contributed by atoms with Crippen molar-refractivity contribution in [1.82, 2.24) is 4.98 Å². The summed E-state index contributed by atoms with van der Waals surface area (Å²) in [4.78, 5) is 40.5. The van der Waals surface area contributed by atoms with Gasteiger partial charge in [-0.05, 0) is 48.9 Å². The van der Waals surface area contributed by atoms with Crippen molar-refractivity contribution in [2.45, 2.75) is 13.5 Å². The number of ether oxygens (including phenoxy) is 1. The van der Waals surface area contributed by atoms with Crippen molar-refractivity contribution >= 4 is 51.1 Å². The van der Waals surface area contributed by atoms with Crippen molar-refractivity contribution in [3.05, 3.63) is 105 Å². The Balaban J connectivity index is 1.55. The first-order chi connectivity index (χ1) is 21.1. The number of phenolic OH excluding ortho intramolecular Hbond substituents is 1. The Bertz CT molecular complexity index is 2160. The normalized spacial score (nSPS) is 11.2. The van der Waals surface area contributed by atoms with Crippen molar-refractivity contribution in [2.24, 2.45) is 0 Å². The number of fused-ring (bicyclic) bond motifs is 3. The van der Waals surface area contributed by atoms with Gasteiger partial charge in [-0.15, -0.1) is 0 Å². The summed E-state index contributed by atoms with van der Waals surface area (Å²) in [6.07, 6.45) is 0. The lowest BCUT2D eigenvalue weighted by Crippen LogP contribution is -2.10. The third-order valence-corrected chi connectivity index (χ3v) is 7.47. The van der Waals surface area contributed by atoms with Crippen LogP contribution in [0.3, 0.4) is 0 Å². The molecule has 1 aliphatic carbocycles. The predicted molar refractivity (Wildman–Crippen MR) is 165 cm³/mol. The van der Waals surface area contributed by atoms with E-state index in [1.807, 2.05) is 19.1 Å². The smallest absolute Gasteiger partial charge is 0.341 e. The van der Waals surface area contributed by atoms with E-state index in [0.717, 1.165) is 5.69 Å². The number of aromatic nitrogens is 1. The van der Waals surface area contributed by atoms with Gasteiger partial charge in [0.25, 0.3) is 0 Å².